The third-order valence-corrected chi connectivity index (χ3v) is 5.92. The van der Waals surface area contributed by atoms with Gasteiger partial charge in [-0.25, -0.2) is 0 Å². The van der Waals surface area contributed by atoms with Crippen molar-refractivity contribution in [2.75, 3.05) is 11.9 Å². The van der Waals surface area contributed by atoms with Gasteiger partial charge >= 0.3 is 6.18 Å². The maximum atomic E-state index is 12.5. The molecule has 2 fully saturated rings. The van der Waals surface area contributed by atoms with Crippen LogP contribution in [0.2, 0.25) is 0 Å². The predicted molar refractivity (Wildman–Crippen MR) is 82.6 cm³/mol. The number of likely N-dealkylation sites (tertiary alicyclic amines) is 1. The molecule has 0 spiro atoms. The smallest absolute Gasteiger partial charge is 0.300 e. The lowest BCUT2D eigenvalue weighted by Crippen LogP contribution is -2.35. The molecule has 7 nitrogen and oxygen atoms in total. The SMILES string of the molecule is O=C(CCN1C(=O)[C@@H]2[C@@H](C1=O)[C@H]1C=C[C@H]2C1)Nc1nnc(C(F)(F)F)s1. The summed E-state index contributed by atoms with van der Waals surface area (Å²) in [6.07, 6.45) is -0.0671. The zero-order chi connectivity index (χ0) is 18.6. The average molecular weight is 386 g/mol. The quantitative estimate of drug-likeness (QED) is 0.628. The van der Waals surface area contributed by atoms with Gasteiger partial charge in [-0.05, 0) is 18.3 Å². The van der Waals surface area contributed by atoms with Crippen LogP contribution in [0.5, 0.6) is 0 Å². The van der Waals surface area contributed by atoms with Crippen LogP contribution >= 0.6 is 11.3 Å². The predicted octanol–water partition coefficient (Wildman–Crippen LogP) is 1.69. The van der Waals surface area contributed by atoms with E-state index in [0.717, 1.165) is 11.3 Å². The van der Waals surface area contributed by atoms with Gasteiger partial charge in [-0.3, -0.25) is 19.3 Å². The zero-order valence-electron chi connectivity index (χ0n) is 13.2. The number of rotatable bonds is 4. The topological polar surface area (TPSA) is 92.3 Å². The molecule has 4 rings (SSSR count). The summed E-state index contributed by atoms with van der Waals surface area (Å²) in [4.78, 5) is 37.9. The molecule has 11 heteroatoms. The van der Waals surface area contributed by atoms with E-state index in [4.69, 9.17) is 0 Å². The maximum Gasteiger partial charge on any atom is 0.445 e. The number of anilines is 1. The molecule has 26 heavy (non-hydrogen) atoms. The van der Waals surface area contributed by atoms with Crippen molar-refractivity contribution in [1.29, 1.82) is 0 Å². The monoisotopic (exact) mass is 386 g/mol. The van der Waals surface area contributed by atoms with Crippen molar-refractivity contribution in [3.63, 3.8) is 0 Å². The van der Waals surface area contributed by atoms with Gasteiger partial charge in [0.1, 0.15) is 0 Å². The lowest BCUT2D eigenvalue weighted by atomic mass is 9.85. The molecule has 1 aliphatic heterocycles. The molecule has 1 aromatic rings. The summed E-state index contributed by atoms with van der Waals surface area (Å²) >= 11 is 0.215. The second kappa shape index (κ2) is 5.86. The Morgan fingerprint density at radius 1 is 1.19 bits per heavy atom. The number of nitrogens with one attached hydrogen (secondary N) is 1. The molecule has 1 saturated heterocycles. The van der Waals surface area contributed by atoms with Crippen molar-refractivity contribution in [2.24, 2.45) is 23.7 Å². The minimum Gasteiger partial charge on any atom is -0.300 e. The van der Waals surface area contributed by atoms with E-state index < -0.39 is 17.1 Å². The maximum absolute atomic E-state index is 12.5. The largest absolute Gasteiger partial charge is 0.445 e. The number of hydrogen-bond acceptors (Lipinski definition) is 6. The highest BCUT2D eigenvalue weighted by molar-refractivity contribution is 7.15. The second-order valence-electron chi connectivity index (χ2n) is 6.54. The van der Waals surface area contributed by atoms with Crippen LogP contribution in [-0.2, 0) is 20.6 Å². The second-order valence-corrected chi connectivity index (χ2v) is 7.51. The van der Waals surface area contributed by atoms with E-state index in [2.05, 4.69) is 15.5 Å². The van der Waals surface area contributed by atoms with Gasteiger partial charge in [-0.1, -0.05) is 23.5 Å². The molecular formula is C15H13F3N4O3S. The highest BCUT2D eigenvalue weighted by atomic mass is 32.1. The number of allylic oxidation sites excluding steroid dienone is 2. The van der Waals surface area contributed by atoms with Crippen LogP contribution in [0, 0.1) is 23.7 Å². The molecule has 0 radical (unpaired) electrons. The van der Waals surface area contributed by atoms with Crippen LogP contribution in [0.4, 0.5) is 18.3 Å². The Morgan fingerprint density at radius 3 is 2.35 bits per heavy atom. The zero-order valence-corrected chi connectivity index (χ0v) is 14.0. The van der Waals surface area contributed by atoms with E-state index in [-0.39, 0.29) is 64.9 Å². The molecule has 4 atom stereocenters. The molecule has 0 unspecified atom stereocenters. The summed E-state index contributed by atoms with van der Waals surface area (Å²) < 4.78 is 37.4. The van der Waals surface area contributed by atoms with Crippen molar-refractivity contribution in [1.82, 2.24) is 15.1 Å². The van der Waals surface area contributed by atoms with Gasteiger partial charge in [-0.2, -0.15) is 13.2 Å². The Balaban J connectivity index is 1.35. The first-order chi connectivity index (χ1) is 12.3. The van der Waals surface area contributed by atoms with E-state index in [0.29, 0.717) is 0 Å². The fourth-order valence-corrected chi connectivity index (χ4v) is 4.59. The molecule has 2 heterocycles. The van der Waals surface area contributed by atoms with Gasteiger partial charge in [0.25, 0.3) is 0 Å². The van der Waals surface area contributed by atoms with Crippen LogP contribution in [0.15, 0.2) is 12.2 Å². The summed E-state index contributed by atoms with van der Waals surface area (Å²) in [5, 5.41) is 7.01. The molecule has 1 saturated carbocycles. The molecule has 2 bridgehead atoms. The van der Waals surface area contributed by atoms with E-state index in [1.54, 1.807) is 0 Å². The Bertz CT molecular complexity index is 791. The van der Waals surface area contributed by atoms with E-state index in [1.807, 2.05) is 12.2 Å². The molecule has 0 aromatic carbocycles. The summed E-state index contributed by atoms with van der Waals surface area (Å²) in [6.45, 7) is -0.0964. The molecular weight excluding hydrogens is 373 g/mol. The number of fused-ring (bicyclic) bond motifs is 5. The fourth-order valence-electron chi connectivity index (χ4n) is 3.97. The van der Waals surface area contributed by atoms with E-state index >= 15 is 0 Å². The number of hydrogen-bond donors (Lipinski definition) is 1. The van der Waals surface area contributed by atoms with Gasteiger partial charge in [0, 0.05) is 13.0 Å². The highest BCUT2D eigenvalue weighted by Crippen LogP contribution is 2.52. The lowest BCUT2D eigenvalue weighted by molar-refractivity contribution is -0.141. The Labute approximate surface area is 149 Å². The summed E-state index contributed by atoms with van der Waals surface area (Å²) in [5.74, 6) is -1.66. The number of nitrogens with zero attached hydrogens (tertiary/aromatic N) is 3. The van der Waals surface area contributed by atoms with Crippen LogP contribution in [0.25, 0.3) is 0 Å². The average Bonchev–Trinajstić information content (AvgIpc) is 3.30. The first kappa shape index (κ1) is 17.1. The van der Waals surface area contributed by atoms with E-state index in [9.17, 15) is 27.6 Å². The normalized spacial score (nSPS) is 29.6. The minimum atomic E-state index is -4.62. The molecule has 138 valence electrons. The molecule has 1 aromatic heterocycles. The molecule has 2 aliphatic carbocycles. The van der Waals surface area contributed by atoms with Crippen molar-refractivity contribution in [3.8, 4) is 0 Å². The lowest BCUT2D eigenvalue weighted by Gasteiger charge is -2.16. The van der Waals surface area contributed by atoms with Crippen LogP contribution in [0.3, 0.4) is 0 Å². The van der Waals surface area contributed by atoms with Gasteiger partial charge in [0.15, 0.2) is 0 Å². The summed E-state index contributed by atoms with van der Waals surface area (Å²) in [7, 11) is 0. The molecule has 3 aliphatic rings. The number of carbonyl (C=O) groups excluding carboxylic acids is 3. The number of aromatic nitrogens is 2. The first-order valence-electron chi connectivity index (χ1n) is 8.00. The number of amides is 3. The summed E-state index contributed by atoms with van der Waals surface area (Å²) in [6, 6.07) is 0. The first-order valence-corrected chi connectivity index (χ1v) is 8.81. The van der Waals surface area contributed by atoms with Crippen LogP contribution in [-0.4, -0.2) is 39.4 Å². The van der Waals surface area contributed by atoms with Crippen LogP contribution in [0.1, 0.15) is 17.8 Å². The van der Waals surface area contributed by atoms with Crippen molar-refractivity contribution < 1.29 is 27.6 Å². The third kappa shape index (κ3) is 2.70. The van der Waals surface area contributed by atoms with Crippen molar-refractivity contribution in [3.05, 3.63) is 17.2 Å². The minimum absolute atomic E-state index is 0.0856. The summed E-state index contributed by atoms with van der Waals surface area (Å²) in [5.41, 5.74) is 0. The third-order valence-electron chi connectivity index (χ3n) is 5.04. The van der Waals surface area contributed by atoms with E-state index in [1.165, 1.54) is 0 Å². The fraction of sp³-hybridized carbons (Fsp3) is 0.533. The van der Waals surface area contributed by atoms with Gasteiger partial charge in [-0.15, -0.1) is 10.2 Å². The Morgan fingerprint density at radius 2 is 1.81 bits per heavy atom. The number of alkyl halides is 3. The Hall–Kier alpha value is -2.30. The van der Waals surface area contributed by atoms with Gasteiger partial charge < -0.3 is 5.32 Å². The number of halogens is 3. The highest BCUT2D eigenvalue weighted by Gasteiger charge is 2.59. The molecule has 3 amide bonds. The van der Waals surface area contributed by atoms with Crippen molar-refractivity contribution in [2.45, 2.75) is 19.0 Å². The van der Waals surface area contributed by atoms with Crippen molar-refractivity contribution >= 4 is 34.2 Å². The van der Waals surface area contributed by atoms with Crippen LogP contribution < -0.4 is 5.32 Å². The van der Waals surface area contributed by atoms with Gasteiger partial charge in [0.2, 0.25) is 27.9 Å². The van der Waals surface area contributed by atoms with Gasteiger partial charge in [0.05, 0.1) is 11.8 Å². The Kier molecular flexibility index (Phi) is 3.86. The standard InChI is InChI=1S/C15H13F3N4O3S/c16-15(17,18)13-20-21-14(26-13)19-8(23)3-4-22-11(24)9-6-1-2-7(5-6)10(9)12(22)25/h1-2,6-7,9-10H,3-5H2,(H,19,21,23)/t6-,7-,9-,10-/m0/s1. The molecule has 1 N–H and O–H groups in total. The number of imide groups is 1. The number of carbonyl (C=O) groups is 3.